The minimum absolute atomic E-state index is 0.0250. The Hall–Kier alpha value is -1.85. The maximum Gasteiger partial charge on any atom is 0.229 e. The number of hydrogen-bond acceptors (Lipinski definition) is 3. The SMILES string of the molecule is Cc1nccn1CCC(=O)N1CC(C(=O)N2CCCCC2)C1. The van der Waals surface area contributed by atoms with Gasteiger partial charge in [0, 0.05) is 51.5 Å². The second-order valence-corrected chi connectivity index (χ2v) is 6.30. The Balaban J connectivity index is 1.41. The molecule has 2 aliphatic rings. The Morgan fingerprint density at radius 3 is 2.55 bits per heavy atom. The molecule has 0 radical (unpaired) electrons. The fourth-order valence-electron chi connectivity index (χ4n) is 3.23. The van der Waals surface area contributed by atoms with Crippen LogP contribution in [0.3, 0.4) is 0 Å². The number of aromatic nitrogens is 2. The molecule has 6 nitrogen and oxygen atoms in total. The number of piperidine rings is 1. The van der Waals surface area contributed by atoms with Crippen LogP contribution in [0, 0.1) is 12.8 Å². The molecule has 0 N–H and O–H groups in total. The summed E-state index contributed by atoms with van der Waals surface area (Å²) in [5.41, 5.74) is 0. The lowest BCUT2D eigenvalue weighted by molar-refractivity contribution is -0.149. The van der Waals surface area contributed by atoms with Crippen LogP contribution in [0.25, 0.3) is 0 Å². The van der Waals surface area contributed by atoms with Crippen molar-refractivity contribution in [2.45, 2.75) is 39.2 Å². The van der Waals surface area contributed by atoms with Gasteiger partial charge in [-0.2, -0.15) is 0 Å². The maximum absolute atomic E-state index is 12.3. The summed E-state index contributed by atoms with van der Waals surface area (Å²) in [6, 6.07) is 0. The van der Waals surface area contributed by atoms with Gasteiger partial charge in [-0.1, -0.05) is 0 Å². The average molecular weight is 304 g/mol. The number of imidazole rings is 1. The molecular weight excluding hydrogens is 280 g/mol. The van der Waals surface area contributed by atoms with Gasteiger partial charge in [-0.3, -0.25) is 9.59 Å². The number of carbonyl (C=O) groups excluding carboxylic acids is 2. The predicted molar refractivity (Wildman–Crippen MR) is 82.1 cm³/mol. The van der Waals surface area contributed by atoms with E-state index in [-0.39, 0.29) is 17.7 Å². The van der Waals surface area contributed by atoms with E-state index in [9.17, 15) is 9.59 Å². The first-order valence-corrected chi connectivity index (χ1v) is 8.19. The highest BCUT2D eigenvalue weighted by atomic mass is 16.2. The van der Waals surface area contributed by atoms with Crippen molar-refractivity contribution in [3.8, 4) is 0 Å². The van der Waals surface area contributed by atoms with Gasteiger partial charge >= 0.3 is 0 Å². The van der Waals surface area contributed by atoms with E-state index >= 15 is 0 Å². The minimum atomic E-state index is 0.0250. The van der Waals surface area contributed by atoms with Crippen molar-refractivity contribution >= 4 is 11.8 Å². The van der Waals surface area contributed by atoms with E-state index in [1.165, 1.54) is 6.42 Å². The molecule has 6 heteroatoms. The van der Waals surface area contributed by atoms with E-state index in [1.807, 2.05) is 22.6 Å². The summed E-state index contributed by atoms with van der Waals surface area (Å²) in [6.07, 6.45) is 7.57. The Kier molecular flexibility index (Phi) is 4.45. The highest BCUT2D eigenvalue weighted by molar-refractivity contribution is 5.84. The number of likely N-dealkylation sites (tertiary alicyclic amines) is 2. The summed E-state index contributed by atoms with van der Waals surface area (Å²) in [4.78, 5) is 32.4. The van der Waals surface area contributed by atoms with Gasteiger partial charge in [-0.05, 0) is 26.2 Å². The third-order valence-corrected chi connectivity index (χ3v) is 4.74. The van der Waals surface area contributed by atoms with Gasteiger partial charge in [-0.15, -0.1) is 0 Å². The molecule has 2 amide bonds. The predicted octanol–water partition coefficient (Wildman–Crippen LogP) is 1.05. The van der Waals surface area contributed by atoms with E-state index in [0.717, 1.165) is 31.8 Å². The zero-order valence-corrected chi connectivity index (χ0v) is 13.2. The molecule has 0 aliphatic carbocycles. The van der Waals surface area contributed by atoms with E-state index in [1.54, 1.807) is 11.1 Å². The zero-order valence-electron chi connectivity index (χ0n) is 13.2. The lowest BCUT2D eigenvalue weighted by atomic mass is 9.96. The van der Waals surface area contributed by atoms with Crippen LogP contribution < -0.4 is 0 Å². The number of nitrogens with zero attached hydrogens (tertiary/aromatic N) is 4. The fourth-order valence-corrected chi connectivity index (χ4v) is 3.23. The third-order valence-electron chi connectivity index (χ3n) is 4.74. The average Bonchev–Trinajstić information content (AvgIpc) is 2.89. The number of aryl methyl sites for hydroxylation is 2. The van der Waals surface area contributed by atoms with Crippen molar-refractivity contribution in [2.75, 3.05) is 26.2 Å². The van der Waals surface area contributed by atoms with Gasteiger partial charge < -0.3 is 14.4 Å². The molecule has 2 aliphatic heterocycles. The zero-order chi connectivity index (χ0) is 15.5. The monoisotopic (exact) mass is 304 g/mol. The van der Waals surface area contributed by atoms with Gasteiger partial charge in [0.1, 0.15) is 5.82 Å². The number of carbonyl (C=O) groups is 2. The van der Waals surface area contributed by atoms with E-state index in [0.29, 0.717) is 26.1 Å². The molecule has 2 saturated heterocycles. The Bertz CT molecular complexity index is 542. The summed E-state index contributed by atoms with van der Waals surface area (Å²) in [6.45, 7) is 5.56. The Morgan fingerprint density at radius 1 is 1.18 bits per heavy atom. The van der Waals surface area contributed by atoms with Crippen LogP contribution in [-0.4, -0.2) is 57.3 Å². The topological polar surface area (TPSA) is 58.4 Å². The van der Waals surface area contributed by atoms with Crippen LogP contribution in [-0.2, 0) is 16.1 Å². The maximum atomic E-state index is 12.3. The van der Waals surface area contributed by atoms with Crippen LogP contribution >= 0.6 is 0 Å². The summed E-state index contributed by atoms with van der Waals surface area (Å²) >= 11 is 0. The first kappa shape index (κ1) is 15.1. The van der Waals surface area contributed by atoms with E-state index in [2.05, 4.69) is 4.98 Å². The van der Waals surface area contributed by atoms with Crippen molar-refractivity contribution < 1.29 is 9.59 Å². The number of amides is 2. The summed E-state index contributed by atoms with van der Waals surface area (Å²) in [5.74, 6) is 1.33. The molecule has 0 spiro atoms. The first-order valence-electron chi connectivity index (χ1n) is 8.19. The van der Waals surface area contributed by atoms with Crippen LogP contribution in [0.2, 0.25) is 0 Å². The van der Waals surface area contributed by atoms with Crippen LogP contribution in [0.1, 0.15) is 31.5 Å². The third kappa shape index (κ3) is 3.15. The van der Waals surface area contributed by atoms with E-state index < -0.39 is 0 Å². The largest absolute Gasteiger partial charge is 0.342 e. The molecule has 0 atom stereocenters. The molecule has 0 unspecified atom stereocenters. The molecule has 1 aromatic heterocycles. The molecular formula is C16H24N4O2. The minimum Gasteiger partial charge on any atom is -0.342 e. The van der Waals surface area contributed by atoms with Gasteiger partial charge in [0.25, 0.3) is 0 Å². The highest BCUT2D eigenvalue weighted by Crippen LogP contribution is 2.21. The molecule has 0 saturated carbocycles. The van der Waals surface area contributed by atoms with Crippen molar-refractivity contribution in [2.24, 2.45) is 5.92 Å². The smallest absolute Gasteiger partial charge is 0.229 e. The lowest BCUT2D eigenvalue weighted by Gasteiger charge is -2.41. The Morgan fingerprint density at radius 2 is 1.91 bits per heavy atom. The van der Waals surface area contributed by atoms with Crippen molar-refractivity contribution in [3.05, 3.63) is 18.2 Å². The molecule has 3 rings (SSSR count). The highest BCUT2D eigenvalue weighted by Gasteiger charge is 2.37. The molecule has 22 heavy (non-hydrogen) atoms. The molecule has 0 aromatic carbocycles. The van der Waals surface area contributed by atoms with E-state index in [4.69, 9.17) is 0 Å². The quantitative estimate of drug-likeness (QED) is 0.835. The van der Waals surface area contributed by atoms with Crippen LogP contribution in [0.15, 0.2) is 12.4 Å². The van der Waals surface area contributed by atoms with Gasteiger partial charge in [0.15, 0.2) is 0 Å². The van der Waals surface area contributed by atoms with Gasteiger partial charge in [0.05, 0.1) is 5.92 Å². The van der Waals surface area contributed by atoms with Crippen LogP contribution in [0.4, 0.5) is 0 Å². The van der Waals surface area contributed by atoms with Gasteiger partial charge in [0.2, 0.25) is 11.8 Å². The van der Waals surface area contributed by atoms with Crippen molar-refractivity contribution in [3.63, 3.8) is 0 Å². The number of hydrogen-bond donors (Lipinski definition) is 0. The molecule has 120 valence electrons. The first-order chi connectivity index (χ1) is 10.6. The van der Waals surface area contributed by atoms with Crippen LogP contribution in [0.5, 0.6) is 0 Å². The molecule has 3 heterocycles. The second kappa shape index (κ2) is 6.50. The number of rotatable bonds is 4. The fraction of sp³-hybridized carbons (Fsp3) is 0.688. The lowest BCUT2D eigenvalue weighted by Crippen LogP contribution is -2.57. The summed E-state index contributed by atoms with van der Waals surface area (Å²) in [5, 5.41) is 0. The molecule has 1 aromatic rings. The molecule has 2 fully saturated rings. The Labute approximate surface area is 131 Å². The summed E-state index contributed by atoms with van der Waals surface area (Å²) in [7, 11) is 0. The standard InChI is InChI=1S/C16H24N4O2/c1-13-17-6-10-18(13)9-5-15(21)20-11-14(12-20)16(22)19-7-3-2-4-8-19/h6,10,14H,2-5,7-9,11-12H2,1H3. The normalized spacial score (nSPS) is 19.1. The van der Waals surface area contributed by atoms with Crippen molar-refractivity contribution in [1.82, 2.24) is 19.4 Å². The second-order valence-electron chi connectivity index (χ2n) is 6.30. The molecule has 0 bridgehead atoms. The van der Waals surface area contributed by atoms with Gasteiger partial charge in [-0.25, -0.2) is 4.98 Å². The summed E-state index contributed by atoms with van der Waals surface area (Å²) < 4.78 is 1.98. The van der Waals surface area contributed by atoms with Crippen molar-refractivity contribution in [1.29, 1.82) is 0 Å².